The number of hydrogen-bond acceptors (Lipinski definition) is 8. The number of carbonyl (C=O) groups excluding carboxylic acids is 3. The van der Waals surface area contributed by atoms with E-state index in [1.165, 1.54) is 9.80 Å². The van der Waals surface area contributed by atoms with Crippen LogP contribution in [0.25, 0.3) is 11.0 Å². The van der Waals surface area contributed by atoms with Gasteiger partial charge in [-0.2, -0.15) is 0 Å². The van der Waals surface area contributed by atoms with Crippen LogP contribution in [0.4, 0.5) is 0 Å². The Morgan fingerprint density at radius 3 is 2.42 bits per heavy atom. The third-order valence-corrected chi connectivity index (χ3v) is 7.36. The molecule has 2 N–H and O–H groups in total. The fraction of sp³-hybridized carbons (Fsp3) is 0.407. The Bertz CT molecular complexity index is 1370. The van der Waals surface area contributed by atoms with Crippen molar-refractivity contribution in [1.82, 2.24) is 19.4 Å². The van der Waals surface area contributed by atoms with Gasteiger partial charge in [0.25, 0.3) is 17.7 Å². The molecule has 0 radical (unpaired) electrons. The Balaban J connectivity index is 1.26. The standard InChI is InChI=1S/C27H28N4O7/c32-22-12-29(13-23(22)33)25(34)15-38-16-7-8-20-21(10-16)30(11-17-4-3-9-37-17)24(28-20)14-31-26(35)18-5-1-2-6-19(18)27(31)36/h1-2,5-8,10,17,22-23,32-33H,3-4,9,11-15H2/t17-,22+,23+/m0/s1. The number of likely N-dealkylation sites (tertiary alicyclic amines) is 1. The molecule has 0 bridgehead atoms. The summed E-state index contributed by atoms with van der Waals surface area (Å²) in [5.74, 6) is -0.0212. The molecule has 0 aliphatic carbocycles. The highest BCUT2D eigenvalue weighted by Gasteiger charge is 2.36. The molecule has 2 fully saturated rings. The molecule has 4 heterocycles. The van der Waals surface area contributed by atoms with Crippen molar-refractivity contribution in [2.75, 3.05) is 26.3 Å². The van der Waals surface area contributed by atoms with Gasteiger partial charge >= 0.3 is 0 Å². The fourth-order valence-electron chi connectivity index (χ4n) is 5.29. The summed E-state index contributed by atoms with van der Waals surface area (Å²) in [6.45, 7) is 1.09. The highest BCUT2D eigenvalue weighted by molar-refractivity contribution is 6.21. The first-order valence-corrected chi connectivity index (χ1v) is 12.7. The van der Waals surface area contributed by atoms with E-state index >= 15 is 0 Å². The maximum Gasteiger partial charge on any atom is 0.261 e. The second-order valence-corrected chi connectivity index (χ2v) is 9.89. The number of nitrogens with zero attached hydrogens (tertiary/aromatic N) is 4. The quantitative estimate of drug-likeness (QED) is 0.440. The van der Waals surface area contributed by atoms with Gasteiger partial charge < -0.3 is 29.2 Å². The number of ether oxygens (including phenoxy) is 2. The van der Waals surface area contributed by atoms with E-state index in [1.807, 2.05) is 4.57 Å². The average Bonchev–Trinajstić information content (AvgIpc) is 3.69. The minimum absolute atomic E-state index is 0.0159. The summed E-state index contributed by atoms with van der Waals surface area (Å²) in [7, 11) is 0. The van der Waals surface area contributed by atoms with Gasteiger partial charge in [-0.3, -0.25) is 19.3 Å². The topological polar surface area (TPSA) is 134 Å². The van der Waals surface area contributed by atoms with Crippen molar-refractivity contribution >= 4 is 28.8 Å². The number of aliphatic hydroxyl groups is 2. The first kappa shape index (κ1) is 24.5. The Kier molecular flexibility index (Phi) is 6.34. The van der Waals surface area contributed by atoms with Crippen molar-refractivity contribution < 1.29 is 34.1 Å². The Labute approximate surface area is 218 Å². The number of rotatable bonds is 7. The minimum Gasteiger partial charge on any atom is -0.484 e. The van der Waals surface area contributed by atoms with Gasteiger partial charge in [0.2, 0.25) is 0 Å². The molecule has 0 unspecified atom stereocenters. The van der Waals surface area contributed by atoms with Gasteiger partial charge in [0.15, 0.2) is 6.61 Å². The van der Waals surface area contributed by atoms with Crippen molar-refractivity contribution in [2.45, 2.75) is 44.2 Å². The van der Waals surface area contributed by atoms with Gasteiger partial charge in [0.1, 0.15) is 11.6 Å². The van der Waals surface area contributed by atoms with Crippen LogP contribution in [0.5, 0.6) is 5.75 Å². The van der Waals surface area contributed by atoms with Crippen LogP contribution >= 0.6 is 0 Å². The molecule has 0 spiro atoms. The van der Waals surface area contributed by atoms with E-state index in [9.17, 15) is 24.6 Å². The molecule has 3 aliphatic heterocycles. The van der Waals surface area contributed by atoms with Gasteiger partial charge in [0.05, 0.1) is 53.6 Å². The van der Waals surface area contributed by atoms with Gasteiger partial charge in [0, 0.05) is 25.8 Å². The zero-order valence-electron chi connectivity index (χ0n) is 20.7. The summed E-state index contributed by atoms with van der Waals surface area (Å²) in [5, 5.41) is 19.4. The van der Waals surface area contributed by atoms with Crippen LogP contribution in [-0.2, 0) is 22.6 Å². The molecule has 2 aromatic carbocycles. The summed E-state index contributed by atoms with van der Waals surface area (Å²) >= 11 is 0. The van der Waals surface area contributed by atoms with E-state index in [4.69, 9.17) is 14.5 Å². The molecule has 6 rings (SSSR count). The van der Waals surface area contributed by atoms with E-state index in [0.29, 0.717) is 41.4 Å². The number of aromatic nitrogens is 2. The largest absolute Gasteiger partial charge is 0.484 e. The number of imide groups is 1. The lowest BCUT2D eigenvalue weighted by Crippen LogP contribution is -2.33. The second kappa shape index (κ2) is 9.82. The maximum atomic E-state index is 13.0. The van der Waals surface area contributed by atoms with Gasteiger partial charge in [-0.1, -0.05) is 12.1 Å². The van der Waals surface area contributed by atoms with Crippen LogP contribution in [0.2, 0.25) is 0 Å². The zero-order valence-corrected chi connectivity index (χ0v) is 20.7. The minimum atomic E-state index is -0.956. The molecule has 38 heavy (non-hydrogen) atoms. The number of fused-ring (bicyclic) bond motifs is 2. The summed E-state index contributed by atoms with van der Waals surface area (Å²) < 4.78 is 13.6. The molecule has 1 aromatic heterocycles. The molecule has 11 nitrogen and oxygen atoms in total. The predicted molar refractivity (Wildman–Crippen MR) is 133 cm³/mol. The van der Waals surface area contributed by atoms with Gasteiger partial charge in [-0.15, -0.1) is 0 Å². The van der Waals surface area contributed by atoms with Crippen LogP contribution < -0.4 is 4.74 Å². The first-order chi connectivity index (χ1) is 18.4. The number of amides is 3. The SMILES string of the molecule is O=C(COc1ccc2nc(CN3C(=O)c4ccccc4C3=O)n(C[C@@H]3CCCO3)c2c1)N1C[C@@H](O)[C@H](O)C1. The van der Waals surface area contributed by atoms with Crippen LogP contribution in [0.3, 0.4) is 0 Å². The number of carbonyl (C=O) groups is 3. The number of aliphatic hydroxyl groups excluding tert-OH is 2. The third-order valence-electron chi connectivity index (χ3n) is 7.36. The van der Waals surface area contributed by atoms with E-state index in [0.717, 1.165) is 18.4 Å². The van der Waals surface area contributed by atoms with Crippen molar-refractivity contribution in [1.29, 1.82) is 0 Å². The first-order valence-electron chi connectivity index (χ1n) is 12.7. The molecule has 0 saturated carbocycles. The summed E-state index contributed by atoms with van der Waals surface area (Å²) in [4.78, 5) is 45.8. The summed E-state index contributed by atoms with van der Waals surface area (Å²) in [5.41, 5.74) is 2.18. The molecule has 2 saturated heterocycles. The number of β-amino-alcohol motifs (C(OH)–C–C–N with tert-alkyl or cyclic N) is 2. The van der Waals surface area contributed by atoms with Crippen LogP contribution in [0.1, 0.15) is 39.4 Å². The Hall–Kier alpha value is -3.80. The molecule has 198 valence electrons. The second-order valence-electron chi connectivity index (χ2n) is 9.89. The van der Waals surface area contributed by atoms with Crippen LogP contribution in [0, 0.1) is 0 Å². The highest BCUT2D eigenvalue weighted by atomic mass is 16.5. The Morgan fingerprint density at radius 1 is 1.05 bits per heavy atom. The lowest BCUT2D eigenvalue weighted by molar-refractivity contribution is -0.132. The van der Waals surface area contributed by atoms with Crippen molar-refractivity contribution in [3.63, 3.8) is 0 Å². The number of imidazole rings is 1. The molecule has 3 atom stereocenters. The lowest BCUT2D eigenvalue weighted by Gasteiger charge is -2.18. The molecule has 3 aromatic rings. The lowest BCUT2D eigenvalue weighted by atomic mass is 10.1. The average molecular weight is 521 g/mol. The molecule has 3 aliphatic rings. The third kappa shape index (κ3) is 4.42. The maximum absolute atomic E-state index is 13.0. The van der Waals surface area contributed by atoms with E-state index in [1.54, 1.807) is 42.5 Å². The van der Waals surface area contributed by atoms with Crippen molar-refractivity contribution in [3.05, 3.63) is 59.4 Å². The molecular formula is C27H28N4O7. The molecule has 3 amide bonds. The normalized spacial score (nSPS) is 23.1. The van der Waals surface area contributed by atoms with E-state index in [-0.39, 0.29) is 50.1 Å². The van der Waals surface area contributed by atoms with Gasteiger partial charge in [-0.25, -0.2) is 4.98 Å². The summed E-state index contributed by atoms with van der Waals surface area (Å²) in [6, 6.07) is 12.0. The van der Waals surface area contributed by atoms with Crippen molar-refractivity contribution in [2.24, 2.45) is 0 Å². The Morgan fingerprint density at radius 2 is 1.76 bits per heavy atom. The van der Waals surface area contributed by atoms with E-state index in [2.05, 4.69) is 0 Å². The molecule has 11 heteroatoms. The smallest absolute Gasteiger partial charge is 0.261 e. The fourth-order valence-corrected chi connectivity index (χ4v) is 5.29. The van der Waals surface area contributed by atoms with E-state index < -0.39 is 12.2 Å². The van der Waals surface area contributed by atoms with Crippen LogP contribution in [-0.4, -0.2) is 91.9 Å². The number of benzene rings is 2. The highest BCUT2D eigenvalue weighted by Crippen LogP contribution is 2.28. The monoisotopic (exact) mass is 520 g/mol. The zero-order chi connectivity index (χ0) is 26.4. The predicted octanol–water partition coefficient (Wildman–Crippen LogP) is 0.954. The van der Waals surface area contributed by atoms with Gasteiger partial charge in [-0.05, 0) is 37.1 Å². The molecular weight excluding hydrogens is 492 g/mol. The van der Waals surface area contributed by atoms with Crippen LogP contribution in [0.15, 0.2) is 42.5 Å². The van der Waals surface area contributed by atoms with Crippen molar-refractivity contribution in [3.8, 4) is 5.75 Å². The number of hydrogen-bond donors (Lipinski definition) is 2. The summed E-state index contributed by atoms with van der Waals surface area (Å²) in [6.07, 6.45) is -0.0789.